The molecule has 1 unspecified atom stereocenters. The number of fused-ring (bicyclic) bond motifs is 7. The average molecular weight is 599 g/mol. The van der Waals surface area contributed by atoms with Crippen molar-refractivity contribution in [3.63, 3.8) is 0 Å². The van der Waals surface area contributed by atoms with Gasteiger partial charge in [-0.05, 0) is 65.7 Å². The molecule has 0 saturated heterocycles. The van der Waals surface area contributed by atoms with Crippen molar-refractivity contribution in [2.45, 2.75) is 6.17 Å². The van der Waals surface area contributed by atoms with Crippen LogP contribution >= 0.6 is 0 Å². The first-order valence-electron chi connectivity index (χ1n) is 15.7. The molecule has 1 aliphatic rings. The number of rotatable bonds is 5. The van der Waals surface area contributed by atoms with Gasteiger partial charge in [0.05, 0.1) is 28.7 Å². The summed E-state index contributed by atoms with van der Waals surface area (Å²) in [6.45, 7) is 0.749. The minimum atomic E-state index is -1.27. The van der Waals surface area contributed by atoms with Crippen LogP contribution in [-0.4, -0.2) is 27.8 Å². The van der Waals surface area contributed by atoms with Gasteiger partial charge in [0.1, 0.15) is 0 Å². The molecule has 5 heteroatoms. The van der Waals surface area contributed by atoms with Crippen molar-refractivity contribution in [2.24, 2.45) is 0 Å². The molecule has 6 aromatic carbocycles. The van der Waals surface area contributed by atoms with Crippen LogP contribution in [0.15, 0.2) is 152 Å². The van der Waals surface area contributed by atoms with E-state index in [0.29, 0.717) is 11.1 Å². The summed E-state index contributed by atoms with van der Waals surface area (Å²) in [6, 6.07) is 48.0. The van der Waals surface area contributed by atoms with Crippen molar-refractivity contribution in [1.82, 2.24) is 14.0 Å². The Hall–Kier alpha value is -5.81. The van der Waals surface area contributed by atoms with Crippen LogP contribution < -0.4 is 4.90 Å². The third kappa shape index (κ3) is 4.05. The van der Waals surface area contributed by atoms with Gasteiger partial charge in [-0.25, -0.2) is 4.39 Å². The molecule has 8 aromatic rings. The van der Waals surface area contributed by atoms with Gasteiger partial charge in [-0.3, -0.25) is 0 Å². The van der Waals surface area contributed by atoms with E-state index in [1.165, 1.54) is 10.8 Å². The number of nitrogens with zero attached hydrogens (tertiary/aromatic N) is 4. The molecule has 3 heterocycles. The lowest BCUT2D eigenvalue weighted by Crippen LogP contribution is -2.21. The molecular formula is C41H31FN4. The van der Waals surface area contributed by atoms with Crippen molar-refractivity contribution in [2.75, 3.05) is 18.6 Å². The molecule has 0 aliphatic carbocycles. The first-order chi connectivity index (χ1) is 22.7. The van der Waals surface area contributed by atoms with E-state index in [4.69, 9.17) is 0 Å². The van der Waals surface area contributed by atoms with E-state index in [-0.39, 0.29) is 0 Å². The summed E-state index contributed by atoms with van der Waals surface area (Å²) in [5.41, 5.74) is 8.86. The molecule has 4 nitrogen and oxygen atoms in total. The summed E-state index contributed by atoms with van der Waals surface area (Å²) in [4.78, 5) is 4.23. The van der Waals surface area contributed by atoms with Gasteiger partial charge >= 0.3 is 0 Å². The number of anilines is 1. The number of aromatic nitrogens is 2. The second kappa shape index (κ2) is 10.4. The highest BCUT2D eigenvalue weighted by Gasteiger charge is 2.23. The Balaban J connectivity index is 1.30. The van der Waals surface area contributed by atoms with E-state index in [2.05, 4.69) is 116 Å². The zero-order valence-electron chi connectivity index (χ0n) is 25.4. The molecule has 0 spiro atoms. The highest BCUT2D eigenvalue weighted by Crippen LogP contribution is 2.43. The maximum absolute atomic E-state index is 16.5. The lowest BCUT2D eigenvalue weighted by molar-refractivity contribution is 0.402. The Morgan fingerprint density at radius 2 is 1.20 bits per heavy atom. The molecule has 222 valence electrons. The van der Waals surface area contributed by atoms with Crippen LogP contribution in [0.25, 0.3) is 55.0 Å². The van der Waals surface area contributed by atoms with E-state index in [1.807, 2.05) is 61.9 Å². The van der Waals surface area contributed by atoms with Gasteiger partial charge in [0.15, 0.2) is 6.17 Å². The maximum atomic E-state index is 16.5. The van der Waals surface area contributed by atoms with Crippen LogP contribution in [0.4, 0.5) is 10.1 Å². The lowest BCUT2D eigenvalue weighted by Gasteiger charge is -2.20. The van der Waals surface area contributed by atoms with Crippen LogP contribution in [0.5, 0.6) is 0 Å². The van der Waals surface area contributed by atoms with Gasteiger partial charge in [-0.15, -0.1) is 0 Å². The molecule has 0 fully saturated rings. The molecule has 0 N–H and O–H groups in total. The van der Waals surface area contributed by atoms with Crippen LogP contribution in [0.1, 0.15) is 17.3 Å². The third-order valence-corrected chi connectivity index (χ3v) is 9.28. The average Bonchev–Trinajstić information content (AvgIpc) is 3.80. The topological polar surface area (TPSA) is 16.3 Å². The molecule has 2 aromatic heterocycles. The van der Waals surface area contributed by atoms with Crippen LogP contribution in [0.3, 0.4) is 0 Å². The normalized spacial score (nSPS) is 14.0. The van der Waals surface area contributed by atoms with Crippen molar-refractivity contribution >= 4 is 49.3 Å². The standard InChI is InChI=1S/C41H31FN4/c1-43-23-24-44(27-43)32-16-10-11-28(25-32)40(42)29-19-20-33-34-21-22-37-39(41(34)46(38(33)26-29)31-14-6-3-7-15-31)35-17-8-9-18-36(35)45(37)30-12-4-2-5-13-30/h2-26,40H,27H2,1H3. The number of alkyl halides is 1. The predicted octanol–water partition coefficient (Wildman–Crippen LogP) is 10.1. The van der Waals surface area contributed by atoms with Gasteiger partial charge < -0.3 is 18.9 Å². The summed E-state index contributed by atoms with van der Waals surface area (Å²) in [5, 5.41) is 4.63. The van der Waals surface area contributed by atoms with Gasteiger partial charge in [0.25, 0.3) is 0 Å². The largest absolute Gasteiger partial charge is 0.361 e. The maximum Gasteiger partial charge on any atom is 0.150 e. The number of benzene rings is 6. The SMILES string of the molecule is CN1C=CN(c2cccc(C(F)c3ccc4c5ccc6c(c7ccccc7n6-c6ccccc6)c5n(-c5ccccc5)c4c3)c2)C1. The van der Waals surface area contributed by atoms with E-state index >= 15 is 4.39 Å². The summed E-state index contributed by atoms with van der Waals surface area (Å²) in [6.07, 6.45) is 2.80. The fraction of sp³-hybridized carbons (Fsp3) is 0.0732. The van der Waals surface area contributed by atoms with Crippen molar-refractivity contribution in [3.8, 4) is 11.4 Å². The Labute approximate surface area is 266 Å². The summed E-state index contributed by atoms with van der Waals surface area (Å²) in [5.74, 6) is 0. The molecule has 1 aliphatic heterocycles. The van der Waals surface area contributed by atoms with Crippen molar-refractivity contribution in [3.05, 3.63) is 163 Å². The Morgan fingerprint density at radius 1 is 0.522 bits per heavy atom. The fourth-order valence-corrected chi connectivity index (χ4v) is 7.18. The third-order valence-electron chi connectivity index (χ3n) is 9.28. The predicted molar refractivity (Wildman–Crippen MR) is 189 cm³/mol. The van der Waals surface area contributed by atoms with Crippen LogP contribution in [-0.2, 0) is 0 Å². The van der Waals surface area contributed by atoms with Crippen molar-refractivity contribution in [1.29, 1.82) is 0 Å². The molecule has 0 saturated carbocycles. The van der Waals surface area contributed by atoms with Gasteiger partial charge in [-0.2, -0.15) is 0 Å². The zero-order chi connectivity index (χ0) is 30.8. The fourth-order valence-electron chi connectivity index (χ4n) is 7.18. The van der Waals surface area contributed by atoms with Crippen LogP contribution in [0, 0.1) is 0 Å². The minimum absolute atomic E-state index is 0.640. The summed E-state index contributed by atoms with van der Waals surface area (Å²) >= 11 is 0. The first-order valence-corrected chi connectivity index (χ1v) is 15.7. The minimum Gasteiger partial charge on any atom is -0.361 e. The van der Waals surface area contributed by atoms with Gasteiger partial charge in [0, 0.05) is 58.1 Å². The molecule has 9 rings (SSSR count). The molecule has 0 radical (unpaired) electrons. The second-order valence-electron chi connectivity index (χ2n) is 12.1. The highest BCUT2D eigenvalue weighted by atomic mass is 19.1. The Morgan fingerprint density at radius 3 is 1.96 bits per heavy atom. The molecular weight excluding hydrogens is 567 g/mol. The summed E-state index contributed by atoms with van der Waals surface area (Å²) < 4.78 is 21.2. The monoisotopic (exact) mass is 598 g/mol. The highest BCUT2D eigenvalue weighted by molar-refractivity contribution is 6.26. The number of para-hydroxylation sites is 3. The number of hydrogen-bond acceptors (Lipinski definition) is 2. The lowest BCUT2D eigenvalue weighted by atomic mass is 10.0. The van der Waals surface area contributed by atoms with E-state index in [9.17, 15) is 0 Å². The van der Waals surface area contributed by atoms with E-state index in [0.717, 1.165) is 56.6 Å². The van der Waals surface area contributed by atoms with E-state index < -0.39 is 6.17 Å². The van der Waals surface area contributed by atoms with Gasteiger partial charge in [-0.1, -0.05) is 84.9 Å². The first kappa shape index (κ1) is 26.6. The van der Waals surface area contributed by atoms with E-state index in [1.54, 1.807) is 0 Å². The van der Waals surface area contributed by atoms with Crippen LogP contribution in [0.2, 0.25) is 0 Å². The molecule has 1 atom stereocenters. The van der Waals surface area contributed by atoms with Gasteiger partial charge in [0.2, 0.25) is 0 Å². The second-order valence-corrected chi connectivity index (χ2v) is 12.1. The zero-order valence-corrected chi connectivity index (χ0v) is 25.4. The number of halogens is 1. The quantitative estimate of drug-likeness (QED) is 0.196. The molecule has 0 amide bonds. The van der Waals surface area contributed by atoms with Crippen molar-refractivity contribution < 1.29 is 4.39 Å². The molecule has 0 bridgehead atoms. The number of hydrogen-bond donors (Lipinski definition) is 0. The Bertz CT molecular complexity index is 2440. The molecule has 46 heavy (non-hydrogen) atoms. The smallest absolute Gasteiger partial charge is 0.150 e. The summed E-state index contributed by atoms with van der Waals surface area (Å²) in [7, 11) is 2.03. The Kier molecular flexibility index (Phi) is 6.00.